The van der Waals surface area contributed by atoms with Gasteiger partial charge in [-0.3, -0.25) is 9.78 Å². The van der Waals surface area contributed by atoms with Gasteiger partial charge in [0.2, 0.25) is 5.95 Å². The minimum Gasteiger partial charge on any atom is -0.369 e. The van der Waals surface area contributed by atoms with Gasteiger partial charge in [-0.25, -0.2) is 9.98 Å². The molecule has 1 heterocycles. The largest absolute Gasteiger partial charge is 0.369 e. The van der Waals surface area contributed by atoms with E-state index < -0.39 is 0 Å². The zero-order valence-electron chi connectivity index (χ0n) is 7.28. The monoisotopic (exact) mass is 244 g/mol. The van der Waals surface area contributed by atoms with Crippen molar-refractivity contribution in [2.45, 2.75) is 0 Å². The van der Waals surface area contributed by atoms with Crippen molar-refractivity contribution in [1.29, 1.82) is 0 Å². The van der Waals surface area contributed by atoms with E-state index in [1.807, 2.05) is 14.1 Å². The van der Waals surface area contributed by atoms with Gasteiger partial charge in [0.05, 0.1) is 12.5 Å². The van der Waals surface area contributed by atoms with Crippen LogP contribution in [0.1, 0.15) is 0 Å². The van der Waals surface area contributed by atoms with Gasteiger partial charge in [0.15, 0.2) is 0 Å². The second-order valence-electron chi connectivity index (χ2n) is 2.59. The summed E-state index contributed by atoms with van der Waals surface area (Å²) in [5.74, 6) is 0.293. The predicted octanol–water partition coefficient (Wildman–Crippen LogP) is 0.754. The Morgan fingerprint density at radius 2 is 2.38 bits per heavy atom. The summed E-state index contributed by atoms with van der Waals surface area (Å²) < 4.78 is 0.399. The highest BCUT2D eigenvalue weighted by molar-refractivity contribution is 9.10. The lowest BCUT2D eigenvalue weighted by Crippen LogP contribution is -2.09. The Morgan fingerprint density at radius 1 is 1.69 bits per heavy atom. The minimum absolute atomic E-state index is 0.235. The van der Waals surface area contributed by atoms with Gasteiger partial charge >= 0.3 is 0 Å². The summed E-state index contributed by atoms with van der Waals surface area (Å²) >= 11 is 3.04. The number of nitrogens with zero attached hydrogens (tertiary/aromatic N) is 3. The summed E-state index contributed by atoms with van der Waals surface area (Å²) in [5.41, 5.74) is -0.235. The van der Waals surface area contributed by atoms with Gasteiger partial charge in [0, 0.05) is 14.1 Å². The van der Waals surface area contributed by atoms with E-state index in [0.717, 1.165) is 0 Å². The molecular formula is C7H9BrN4O. The molecular weight excluding hydrogens is 236 g/mol. The SMILES string of the molecule is CN(C)/C=N/c1ncc(Br)c(=O)[nH]1. The molecule has 0 fully saturated rings. The molecule has 5 nitrogen and oxygen atoms in total. The molecule has 0 saturated carbocycles. The van der Waals surface area contributed by atoms with Crippen LogP contribution in [0.4, 0.5) is 5.95 Å². The summed E-state index contributed by atoms with van der Waals surface area (Å²) in [4.78, 5) is 23.1. The van der Waals surface area contributed by atoms with Gasteiger partial charge in [-0.1, -0.05) is 0 Å². The van der Waals surface area contributed by atoms with Gasteiger partial charge < -0.3 is 4.90 Å². The molecule has 0 spiro atoms. The Labute approximate surface area is 83.6 Å². The number of halogens is 1. The van der Waals surface area contributed by atoms with Crippen molar-refractivity contribution >= 4 is 28.2 Å². The van der Waals surface area contributed by atoms with Crippen LogP contribution >= 0.6 is 15.9 Å². The van der Waals surface area contributed by atoms with Crippen molar-refractivity contribution < 1.29 is 0 Å². The maximum absolute atomic E-state index is 11.1. The Hall–Kier alpha value is -1.17. The number of aliphatic imine (C=N–C) groups is 1. The fourth-order valence-electron chi connectivity index (χ4n) is 0.606. The molecule has 1 aromatic heterocycles. The molecule has 0 amide bonds. The fraction of sp³-hybridized carbons (Fsp3) is 0.286. The Bertz CT molecular complexity index is 371. The minimum atomic E-state index is -0.235. The van der Waals surface area contributed by atoms with Crippen molar-refractivity contribution in [3.05, 3.63) is 21.0 Å². The summed E-state index contributed by atoms with van der Waals surface area (Å²) in [6.45, 7) is 0. The molecule has 13 heavy (non-hydrogen) atoms. The number of hydrogen-bond acceptors (Lipinski definition) is 3. The molecule has 0 aliphatic rings. The molecule has 0 bridgehead atoms. The molecule has 0 aromatic carbocycles. The number of aromatic amines is 1. The maximum Gasteiger partial charge on any atom is 0.266 e. The van der Waals surface area contributed by atoms with E-state index in [-0.39, 0.29) is 5.56 Å². The van der Waals surface area contributed by atoms with Crippen LogP contribution in [0, 0.1) is 0 Å². The average Bonchev–Trinajstić information content (AvgIpc) is 2.07. The van der Waals surface area contributed by atoms with Crippen LogP contribution in [0.2, 0.25) is 0 Å². The van der Waals surface area contributed by atoms with Gasteiger partial charge in [-0.15, -0.1) is 0 Å². The highest BCUT2D eigenvalue weighted by Gasteiger charge is 1.96. The lowest BCUT2D eigenvalue weighted by atomic mass is 10.6. The Balaban J connectivity index is 2.92. The molecule has 1 N–H and O–H groups in total. The highest BCUT2D eigenvalue weighted by Crippen LogP contribution is 2.03. The molecule has 0 radical (unpaired) electrons. The Kier molecular flexibility index (Phi) is 3.18. The number of H-pyrrole nitrogens is 1. The van der Waals surface area contributed by atoms with E-state index in [1.165, 1.54) is 6.20 Å². The zero-order valence-corrected chi connectivity index (χ0v) is 8.87. The molecule has 0 unspecified atom stereocenters. The lowest BCUT2D eigenvalue weighted by molar-refractivity contribution is 0.642. The molecule has 1 aromatic rings. The van der Waals surface area contributed by atoms with Gasteiger partial charge in [-0.2, -0.15) is 0 Å². The number of hydrogen-bond donors (Lipinski definition) is 1. The Morgan fingerprint density at radius 3 is 2.92 bits per heavy atom. The van der Waals surface area contributed by atoms with Crippen molar-refractivity contribution in [2.75, 3.05) is 14.1 Å². The third-order valence-corrected chi connectivity index (χ3v) is 1.72. The van der Waals surface area contributed by atoms with E-state index in [4.69, 9.17) is 0 Å². The molecule has 70 valence electrons. The summed E-state index contributed by atoms with van der Waals surface area (Å²) in [6.07, 6.45) is 2.98. The molecule has 1 rings (SSSR count). The van der Waals surface area contributed by atoms with E-state index in [2.05, 4.69) is 30.9 Å². The van der Waals surface area contributed by atoms with E-state index >= 15 is 0 Å². The molecule has 0 aliphatic heterocycles. The number of nitrogens with one attached hydrogen (secondary N) is 1. The second kappa shape index (κ2) is 4.18. The predicted molar refractivity (Wildman–Crippen MR) is 54.4 cm³/mol. The lowest BCUT2D eigenvalue weighted by Gasteiger charge is -2.01. The van der Waals surface area contributed by atoms with E-state index in [0.29, 0.717) is 10.4 Å². The molecule has 0 saturated heterocycles. The smallest absolute Gasteiger partial charge is 0.266 e. The van der Waals surface area contributed by atoms with Crippen LogP contribution in [0.5, 0.6) is 0 Å². The number of aromatic nitrogens is 2. The van der Waals surface area contributed by atoms with Crippen LogP contribution < -0.4 is 5.56 Å². The summed E-state index contributed by atoms with van der Waals surface area (Å²) in [5, 5.41) is 0. The van der Waals surface area contributed by atoms with Crippen LogP contribution in [0.3, 0.4) is 0 Å². The third-order valence-electron chi connectivity index (χ3n) is 1.15. The summed E-state index contributed by atoms with van der Waals surface area (Å²) in [7, 11) is 3.67. The van der Waals surface area contributed by atoms with Gasteiger partial charge in [-0.05, 0) is 15.9 Å². The zero-order chi connectivity index (χ0) is 9.84. The first-order valence-electron chi connectivity index (χ1n) is 3.55. The van der Waals surface area contributed by atoms with Crippen LogP contribution in [-0.2, 0) is 0 Å². The van der Waals surface area contributed by atoms with Crippen molar-refractivity contribution in [2.24, 2.45) is 4.99 Å². The van der Waals surface area contributed by atoms with Crippen LogP contribution in [0.15, 0.2) is 20.5 Å². The van der Waals surface area contributed by atoms with Gasteiger partial charge in [0.25, 0.3) is 5.56 Å². The van der Waals surface area contributed by atoms with E-state index in [1.54, 1.807) is 11.2 Å². The quantitative estimate of drug-likeness (QED) is 0.617. The molecule has 6 heteroatoms. The first kappa shape index (κ1) is 9.91. The number of rotatable bonds is 2. The molecule has 0 aliphatic carbocycles. The van der Waals surface area contributed by atoms with E-state index in [9.17, 15) is 4.79 Å². The van der Waals surface area contributed by atoms with Crippen LogP contribution in [-0.4, -0.2) is 35.3 Å². The summed E-state index contributed by atoms with van der Waals surface area (Å²) in [6, 6.07) is 0. The topological polar surface area (TPSA) is 61.4 Å². The van der Waals surface area contributed by atoms with Crippen LogP contribution in [0.25, 0.3) is 0 Å². The first-order valence-corrected chi connectivity index (χ1v) is 4.34. The fourth-order valence-corrected chi connectivity index (χ4v) is 0.807. The second-order valence-corrected chi connectivity index (χ2v) is 3.45. The highest BCUT2D eigenvalue weighted by atomic mass is 79.9. The average molecular weight is 245 g/mol. The van der Waals surface area contributed by atoms with Crippen molar-refractivity contribution in [1.82, 2.24) is 14.9 Å². The maximum atomic E-state index is 11.1. The standard InChI is InChI=1S/C7H9BrN4O/c1-12(2)4-10-7-9-3-5(8)6(13)11-7/h3-4H,1-2H3,(H,9,11,13)/b10-4+. The van der Waals surface area contributed by atoms with Crippen molar-refractivity contribution in [3.63, 3.8) is 0 Å². The van der Waals surface area contributed by atoms with Gasteiger partial charge in [0.1, 0.15) is 4.47 Å². The third kappa shape index (κ3) is 2.98. The van der Waals surface area contributed by atoms with Crippen molar-refractivity contribution in [3.8, 4) is 0 Å². The normalized spacial score (nSPS) is 10.7. The molecule has 0 atom stereocenters. The first-order chi connectivity index (χ1) is 6.09.